The Morgan fingerprint density at radius 3 is 2.78 bits per heavy atom. The molecular formula is C14H19BrN2O. The average molecular weight is 311 g/mol. The van der Waals surface area contributed by atoms with Crippen LogP contribution < -0.4 is 5.32 Å². The van der Waals surface area contributed by atoms with E-state index in [0.29, 0.717) is 12.6 Å². The molecule has 1 saturated carbocycles. The largest absolute Gasteiger partial charge is 0.342 e. The summed E-state index contributed by atoms with van der Waals surface area (Å²) in [7, 11) is 1.89. The molecule has 0 bridgehead atoms. The fraction of sp³-hybridized carbons (Fsp3) is 0.500. The van der Waals surface area contributed by atoms with Gasteiger partial charge in [-0.3, -0.25) is 4.79 Å². The van der Waals surface area contributed by atoms with Gasteiger partial charge in [0.05, 0.1) is 6.54 Å². The van der Waals surface area contributed by atoms with Crippen molar-refractivity contribution in [2.24, 2.45) is 0 Å². The molecule has 0 unspecified atom stereocenters. The second kappa shape index (κ2) is 5.85. The minimum absolute atomic E-state index is 0.164. The van der Waals surface area contributed by atoms with Gasteiger partial charge in [-0.1, -0.05) is 34.1 Å². The molecule has 1 aromatic carbocycles. The van der Waals surface area contributed by atoms with Gasteiger partial charge in [0.25, 0.3) is 0 Å². The zero-order valence-electron chi connectivity index (χ0n) is 10.8. The van der Waals surface area contributed by atoms with Crippen molar-refractivity contribution in [2.45, 2.75) is 31.8 Å². The first-order valence-electron chi connectivity index (χ1n) is 6.33. The van der Waals surface area contributed by atoms with Crippen LogP contribution in [0.1, 0.15) is 31.4 Å². The van der Waals surface area contributed by atoms with Crippen LogP contribution in [0.5, 0.6) is 0 Å². The van der Waals surface area contributed by atoms with Gasteiger partial charge < -0.3 is 10.2 Å². The quantitative estimate of drug-likeness (QED) is 0.907. The molecule has 1 atom stereocenters. The van der Waals surface area contributed by atoms with Crippen molar-refractivity contribution < 1.29 is 4.79 Å². The summed E-state index contributed by atoms with van der Waals surface area (Å²) in [4.78, 5) is 13.8. The van der Waals surface area contributed by atoms with Crippen molar-refractivity contribution in [3.63, 3.8) is 0 Å². The summed E-state index contributed by atoms with van der Waals surface area (Å²) in [5.41, 5.74) is 1.18. The Hall–Kier alpha value is -0.870. The van der Waals surface area contributed by atoms with E-state index < -0.39 is 0 Å². The smallest absolute Gasteiger partial charge is 0.236 e. The van der Waals surface area contributed by atoms with Crippen LogP contribution in [0.15, 0.2) is 28.7 Å². The van der Waals surface area contributed by atoms with E-state index in [4.69, 9.17) is 0 Å². The molecule has 0 aromatic heterocycles. The monoisotopic (exact) mass is 310 g/mol. The first-order valence-corrected chi connectivity index (χ1v) is 7.12. The number of hydrogen-bond donors (Lipinski definition) is 1. The highest BCUT2D eigenvalue weighted by Crippen LogP contribution is 2.25. The van der Waals surface area contributed by atoms with Gasteiger partial charge >= 0.3 is 0 Å². The van der Waals surface area contributed by atoms with Crippen LogP contribution in [0.25, 0.3) is 0 Å². The second-order valence-corrected chi connectivity index (χ2v) is 5.71. The summed E-state index contributed by atoms with van der Waals surface area (Å²) < 4.78 is 1.08. The predicted octanol–water partition coefficient (Wildman–Crippen LogP) is 2.72. The van der Waals surface area contributed by atoms with Gasteiger partial charge in [0, 0.05) is 23.6 Å². The van der Waals surface area contributed by atoms with Crippen LogP contribution in [-0.4, -0.2) is 30.4 Å². The highest BCUT2D eigenvalue weighted by atomic mass is 79.9. The summed E-state index contributed by atoms with van der Waals surface area (Å²) >= 11 is 3.53. The molecule has 1 N–H and O–H groups in total. The minimum Gasteiger partial charge on any atom is -0.342 e. The van der Waals surface area contributed by atoms with Gasteiger partial charge in [-0.25, -0.2) is 0 Å². The number of benzene rings is 1. The third kappa shape index (κ3) is 3.33. The molecule has 3 nitrogen and oxygen atoms in total. The molecule has 0 saturated heterocycles. The van der Waals surface area contributed by atoms with Crippen LogP contribution in [0.4, 0.5) is 0 Å². The van der Waals surface area contributed by atoms with Crippen LogP contribution in [0.3, 0.4) is 0 Å². The summed E-state index contributed by atoms with van der Waals surface area (Å²) in [6, 6.07) is 8.74. The SMILES string of the molecule is C[C@@H](NCC(=O)N(C)C1CC1)c1ccccc1Br. The van der Waals surface area contributed by atoms with Crippen LogP contribution in [0, 0.1) is 0 Å². The number of amides is 1. The lowest BCUT2D eigenvalue weighted by Gasteiger charge is -2.20. The predicted molar refractivity (Wildman–Crippen MR) is 76.4 cm³/mol. The summed E-state index contributed by atoms with van der Waals surface area (Å²) in [6.45, 7) is 2.47. The summed E-state index contributed by atoms with van der Waals surface area (Å²) in [6.07, 6.45) is 2.31. The third-order valence-electron chi connectivity index (χ3n) is 3.42. The van der Waals surface area contributed by atoms with E-state index in [-0.39, 0.29) is 11.9 Å². The number of hydrogen-bond acceptors (Lipinski definition) is 2. The van der Waals surface area contributed by atoms with E-state index in [1.807, 2.05) is 30.1 Å². The van der Waals surface area contributed by atoms with Crippen LogP contribution in [-0.2, 0) is 4.79 Å². The molecule has 1 aliphatic rings. The maximum atomic E-state index is 11.9. The number of likely N-dealkylation sites (N-methyl/N-ethyl adjacent to an activating group) is 1. The maximum absolute atomic E-state index is 11.9. The number of carbonyl (C=O) groups is 1. The van der Waals surface area contributed by atoms with E-state index in [9.17, 15) is 4.79 Å². The van der Waals surface area contributed by atoms with E-state index in [1.165, 1.54) is 5.56 Å². The fourth-order valence-electron chi connectivity index (χ4n) is 1.97. The van der Waals surface area contributed by atoms with Crippen LogP contribution in [0.2, 0.25) is 0 Å². The zero-order chi connectivity index (χ0) is 13.1. The highest BCUT2D eigenvalue weighted by molar-refractivity contribution is 9.10. The molecule has 98 valence electrons. The number of rotatable bonds is 5. The Balaban J connectivity index is 1.86. The summed E-state index contributed by atoms with van der Waals surface area (Å²) in [5.74, 6) is 0.177. The van der Waals surface area contributed by atoms with Crippen molar-refractivity contribution in [3.05, 3.63) is 34.3 Å². The third-order valence-corrected chi connectivity index (χ3v) is 4.14. The Labute approximate surface area is 117 Å². The van der Waals surface area contributed by atoms with Crippen molar-refractivity contribution >= 4 is 21.8 Å². The molecule has 2 rings (SSSR count). The number of carbonyl (C=O) groups excluding carboxylic acids is 1. The molecule has 0 spiro atoms. The van der Waals surface area contributed by atoms with Gasteiger partial charge in [0.15, 0.2) is 0 Å². The van der Waals surface area contributed by atoms with Crippen molar-refractivity contribution in [2.75, 3.05) is 13.6 Å². The lowest BCUT2D eigenvalue weighted by molar-refractivity contribution is -0.129. The van der Waals surface area contributed by atoms with E-state index >= 15 is 0 Å². The van der Waals surface area contributed by atoms with Gasteiger partial charge in [-0.2, -0.15) is 0 Å². The topological polar surface area (TPSA) is 32.3 Å². The van der Waals surface area contributed by atoms with Gasteiger partial charge in [-0.05, 0) is 31.4 Å². The molecule has 0 aliphatic heterocycles. The van der Waals surface area contributed by atoms with E-state index in [2.05, 4.69) is 34.2 Å². The number of nitrogens with one attached hydrogen (secondary N) is 1. The van der Waals surface area contributed by atoms with E-state index in [1.54, 1.807) is 0 Å². The first kappa shape index (κ1) is 13.6. The molecule has 1 fully saturated rings. The fourth-order valence-corrected chi connectivity index (χ4v) is 2.59. The lowest BCUT2D eigenvalue weighted by Crippen LogP contribution is -2.37. The van der Waals surface area contributed by atoms with E-state index in [0.717, 1.165) is 17.3 Å². The molecule has 4 heteroatoms. The Kier molecular flexibility index (Phi) is 4.40. The van der Waals surface area contributed by atoms with Gasteiger partial charge in [0.2, 0.25) is 5.91 Å². The van der Waals surface area contributed by atoms with Gasteiger partial charge in [0.1, 0.15) is 0 Å². The number of halogens is 1. The average Bonchev–Trinajstić information content (AvgIpc) is 3.19. The van der Waals surface area contributed by atoms with Crippen molar-refractivity contribution in [1.82, 2.24) is 10.2 Å². The molecule has 0 radical (unpaired) electrons. The Bertz CT molecular complexity index is 432. The molecule has 1 amide bonds. The first-order chi connectivity index (χ1) is 8.59. The lowest BCUT2D eigenvalue weighted by atomic mass is 10.1. The number of nitrogens with zero attached hydrogens (tertiary/aromatic N) is 1. The molecular weight excluding hydrogens is 292 g/mol. The second-order valence-electron chi connectivity index (χ2n) is 4.86. The maximum Gasteiger partial charge on any atom is 0.236 e. The standard InChI is InChI=1S/C14H19BrN2O/c1-10(12-5-3-4-6-13(12)15)16-9-14(18)17(2)11-7-8-11/h3-6,10-11,16H,7-9H2,1-2H3/t10-/m1/s1. The molecule has 1 aromatic rings. The van der Waals surface area contributed by atoms with Crippen molar-refractivity contribution in [1.29, 1.82) is 0 Å². The van der Waals surface area contributed by atoms with Crippen molar-refractivity contribution in [3.8, 4) is 0 Å². The van der Waals surface area contributed by atoms with Crippen LogP contribution >= 0.6 is 15.9 Å². The Morgan fingerprint density at radius 2 is 2.17 bits per heavy atom. The molecule has 1 aliphatic carbocycles. The Morgan fingerprint density at radius 1 is 1.50 bits per heavy atom. The summed E-state index contributed by atoms with van der Waals surface area (Å²) in [5, 5.41) is 3.28. The zero-order valence-corrected chi connectivity index (χ0v) is 12.4. The normalized spacial score (nSPS) is 16.4. The molecule has 0 heterocycles. The highest BCUT2D eigenvalue weighted by Gasteiger charge is 2.29. The minimum atomic E-state index is 0.164. The molecule has 18 heavy (non-hydrogen) atoms. The van der Waals surface area contributed by atoms with Gasteiger partial charge in [-0.15, -0.1) is 0 Å².